The molecule has 0 unspecified atom stereocenters. The Morgan fingerprint density at radius 3 is 2.28 bits per heavy atom. The average Bonchev–Trinajstić information content (AvgIpc) is 2.93. The predicted molar refractivity (Wildman–Crippen MR) is 83.1 cm³/mol. The lowest BCUT2D eigenvalue weighted by Crippen LogP contribution is -2.54. The molecule has 0 saturated carbocycles. The van der Waals surface area contributed by atoms with E-state index < -0.39 is 41.3 Å². The third kappa shape index (κ3) is 3.76. The molecule has 0 aromatic heterocycles. The van der Waals surface area contributed by atoms with Gasteiger partial charge >= 0.3 is 6.18 Å². The molecule has 1 amide bonds. The maximum Gasteiger partial charge on any atom is 0.416 e. The largest absolute Gasteiger partial charge is 0.416 e. The fourth-order valence-corrected chi connectivity index (χ4v) is 2.91. The summed E-state index contributed by atoms with van der Waals surface area (Å²) in [4.78, 5) is 13.7. The van der Waals surface area contributed by atoms with Crippen LogP contribution in [-0.4, -0.2) is 35.6 Å². The molecule has 4 nitrogen and oxygen atoms in total. The topological polar surface area (TPSA) is 70.1 Å². The minimum atomic E-state index is -4.45. The van der Waals surface area contributed by atoms with E-state index in [2.05, 4.69) is 0 Å². The molecule has 2 N–H and O–H groups in total. The smallest absolute Gasteiger partial charge is 0.322 e. The van der Waals surface area contributed by atoms with Crippen LogP contribution in [0.15, 0.2) is 24.3 Å². The molecule has 3 atom stereocenters. The van der Waals surface area contributed by atoms with Crippen molar-refractivity contribution in [2.45, 2.75) is 50.1 Å². The van der Waals surface area contributed by atoms with Crippen molar-refractivity contribution in [3.05, 3.63) is 35.4 Å². The number of nitrogens with zero attached hydrogens (tertiary/aromatic N) is 2. The van der Waals surface area contributed by atoms with Crippen LogP contribution in [0.3, 0.4) is 0 Å². The van der Waals surface area contributed by atoms with Crippen molar-refractivity contribution < 1.29 is 22.4 Å². The van der Waals surface area contributed by atoms with Crippen LogP contribution in [0.4, 0.5) is 17.6 Å². The molecule has 0 aliphatic carbocycles. The van der Waals surface area contributed by atoms with Crippen LogP contribution >= 0.6 is 0 Å². The third-order valence-electron chi connectivity index (χ3n) is 4.68. The second-order valence-electron chi connectivity index (χ2n) is 6.74. The number of halogens is 4. The second kappa shape index (κ2) is 6.64. The molecule has 2 rings (SSSR count). The zero-order valence-corrected chi connectivity index (χ0v) is 13.8. The lowest BCUT2D eigenvalue weighted by atomic mass is 9.77. The number of hydrogen-bond donors (Lipinski definition) is 1. The first-order valence-corrected chi connectivity index (χ1v) is 7.76. The van der Waals surface area contributed by atoms with Gasteiger partial charge in [0.15, 0.2) is 0 Å². The quantitative estimate of drug-likeness (QED) is 0.846. The first kappa shape index (κ1) is 19.2. The monoisotopic (exact) mass is 357 g/mol. The molecular weight excluding hydrogens is 338 g/mol. The van der Waals surface area contributed by atoms with Crippen molar-refractivity contribution >= 4 is 5.91 Å². The molecule has 0 bridgehead atoms. The minimum absolute atomic E-state index is 0.0599. The molecule has 0 spiro atoms. The molecule has 0 radical (unpaired) electrons. The van der Waals surface area contributed by atoms with E-state index in [1.165, 1.54) is 12.1 Å². The number of hydrogen-bond acceptors (Lipinski definition) is 3. The van der Waals surface area contributed by atoms with Crippen LogP contribution in [0, 0.1) is 11.3 Å². The van der Waals surface area contributed by atoms with Gasteiger partial charge in [-0.2, -0.15) is 18.4 Å². The highest BCUT2D eigenvalue weighted by Gasteiger charge is 2.42. The third-order valence-corrected chi connectivity index (χ3v) is 4.68. The van der Waals surface area contributed by atoms with E-state index in [1.54, 1.807) is 13.8 Å². The van der Waals surface area contributed by atoms with Crippen LogP contribution < -0.4 is 5.73 Å². The number of likely N-dealkylation sites (tertiary alicyclic amines) is 1. The van der Waals surface area contributed by atoms with Gasteiger partial charge in [-0.3, -0.25) is 4.79 Å². The Morgan fingerprint density at radius 1 is 1.28 bits per heavy atom. The number of alkyl halides is 4. The van der Waals surface area contributed by atoms with Gasteiger partial charge in [-0.25, -0.2) is 4.39 Å². The summed E-state index contributed by atoms with van der Waals surface area (Å²) < 4.78 is 51.5. The molecule has 1 fully saturated rings. The minimum Gasteiger partial charge on any atom is -0.322 e. The van der Waals surface area contributed by atoms with Crippen molar-refractivity contribution in [3.63, 3.8) is 0 Å². The second-order valence-corrected chi connectivity index (χ2v) is 6.74. The summed E-state index contributed by atoms with van der Waals surface area (Å²) in [6.45, 7) is 3.05. The first-order chi connectivity index (χ1) is 11.5. The van der Waals surface area contributed by atoms with Crippen LogP contribution in [0.25, 0.3) is 0 Å². The van der Waals surface area contributed by atoms with Crippen molar-refractivity contribution in [1.29, 1.82) is 5.26 Å². The fraction of sp³-hybridized carbons (Fsp3) is 0.529. The van der Waals surface area contributed by atoms with Gasteiger partial charge in [-0.05, 0) is 17.7 Å². The number of carbonyl (C=O) groups excluding carboxylic acids is 1. The highest BCUT2D eigenvalue weighted by molar-refractivity contribution is 5.84. The Balaban J connectivity index is 2.23. The van der Waals surface area contributed by atoms with E-state index in [9.17, 15) is 22.4 Å². The van der Waals surface area contributed by atoms with Crippen LogP contribution in [0.1, 0.15) is 31.4 Å². The molecule has 8 heteroatoms. The van der Waals surface area contributed by atoms with E-state index in [1.807, 2.05) is 6.07 Å². The fourth-order valence-electron chi connectivity index (χ4n) is 2.91. The van der Waals surface area contributed by atoms with Crippen molar-refractivity contribution in [3.8, 4) is 6.07 Å². The molecule has 136 valence electrons. The average molecular weight is 357 g/mol. The molecule has 25 heavy (non-hydrogen) atoms. The Bertz CT molecular complexity index is 679. The maximum atomic E-state index is 13.5. The number of carbonyl (C=O) groups is 1. The van der Waals surface area contributed by atoms with Gasteiger partial charge < -0.3 is 10.6 Å². The molecular formula is C17H19F4N3O. The highest BCUT2D eigenvalue weighted by atomic mass is 19.4. The predicted octanol–water partition coefficient (Wildman–Crippen LogP) is 2.77. The molecule has 1 saturated heterocycles. The lowest BCUT2D eigenvalue weighted by molar-refractivity contribution is -0.137. The zero-order valence-electron chi connectivity index (χ0n) is 13.8. The van der Waals surface area contributed by atoms with Gasteiger partial charge in [0.05, 0.1) is 24.2 Å². The summed E-state index contributed by atoms with van der Waals surface area (Å²) >= 11 is 0. The normalized spacial score (nSPS) is 22.6. The van der Waals surface area contributed by atoms with Crippen LogP contribution in [-0.2, 0) is 16.4 Å². The van der Waals surface area contributed by atoms with E-state index in [-0.39, 0.29) is 13.0 Å². The Kier molecular flexibility index (Phi) is 5.09. The van der Waals surface area contributed by atoms with Gasteiger partial charge in [-0.15, -0.1) is 0 Å². The summed E-state index contributed by atoms with van der Waals surface area (Å²) in [5.74, 6) is -0.586. The first-order valence-electron chi connectivity index (χ1n) is 7.76. The maximum absolute atomic E-state index is 13.5. The zero-order chi connectivity index (χ0) is 19.0. The van der Waals surface area contributed by atoms with E-state index in [0.29, 0.717) is 5.56 Å². The van der Waals surface area contributed by atoms with Crippen LogP contribution in [0.5, 0.6) is 0 Å². The van der Waals surface area contributed by atoms with E-state index in [0.717, 1.165) is 17.0 Å². The summed E-state index contributed by atoms with van der Waals surface area (Å²) in [7, 11) is 0. The molecule has 1 aromatic rings. The number of nitrogens with two attached hydrogens (primary N) is 1. The Labute approximate surface area is 143 Å². The SMILES string of the molecule is CC(C)(c1ccc(C(F)(F)F)cc1)[C@H](N)C(=O)N1C[C@@H](F)C[C@H]1C#N. The van der Waals surface area contributed by atoms with Crippen LogP contribution in [0.2, 0.25) is 0 Å². The number of rotatable bonds is 3. The van der Waals surface area contributed by atoms with Gasteiger partial charge in [0.25, 0.3) is 0 Å². The summed E-state index contributed by atoms with van der Waals surface area (Å²) in [5, 5.41) is 9.05. The summed E-state index contributed by atoms with van der Waals surface area (Å²) in [5.41, 5.74) is 4.71. The standard InChI is InChI=1S/C17H19F4N3O/c1-16(2,10-3-5-11(6-4-10)17(19,20)21)14(23)15(25)24-9-12(18)7-13(24)8-22/h3-6,12-14H,7,9,23H2,1-2H3/t12-,13-,14+/m0/s1. The summed E-state index contributed by atoms with van der Waals surface area (Å²) in [6, 6.07) is 4.30. The van der Waals surface area contributed by atoms with E-state index in [4.69, 9.17) is 11.0 Å². The van der Waals surface area contributed by atoms with Crippen molar-refractivity contribution in [2.24, 2.45) is 5.73 Å². The highest BCUT2D eigenvalue weighted by Crippen LogP contribution is 2.33. The molecule has 1 aliphatic rings. The number of amides is 1. The van der Waals surface area contributed by atoms with Gasteiger partial charge in [-0.1, -0.05) is 26.0 Å². The Morgan fingerprint density at radius 2 is 1.80 bits per heavy atom. The van der Waals surface area contributed by atoms with E-state index >= 15 is 0 Å². The van der Waals surface area contributed by atoms with Crippen molar-refractivity contribution in [1.82, 2.24) is 4.90 Å². The van der Waals surface area contributed by atoms with Gasteiger partial charge in [0, 0.05) is 11.8 Å². The number of benzene rings is 1. The van der Waals surface area contributed by atoms with Gasteiger partial charge in [0.2, 0.25) is 5.91 Å². The lowest BCUT2D eigenvalue weighted by Gasteiger charge is -2.34. The Hall–Kier alpha value is -2.14. The summed E-state index contributed by atoms with van der Waals surface area (Å²) in [6.07, 6.45) is -5.79. The van der Waals surface area contributed by atoms with Crippen molar-refractivity contribution in [2.75, 3.05) is 6.54 Å². The molecule has 1 aromatic carbocycles. The molecule has 1 aliphatic heterocycles. The van der Waals surface area contributed by atoms with Gasteiger partial charge in [0.1, 0.15) is 12.2 Å². The number of nitriles is 1. The molecule has 1 heterocycles.